The molecule has 0 aliphatic carbocycles. The summed E-state index contributed by atoms with van der Waals surface area (Å²) < 4.78 is 49.2. The second-order valence-corrected chi connectivity index (χ2v) is 13.9. The van der Waals surface area contributed by atoms with E-state index in [0.717, 1.165) is 0 Å². The van der Waals surface area contributed by atoms with Gasteiger partial charge in [0.2, 0.25) is 0 Å². The molecule has 25 atom stereocenters. The van der Waals surface area contributed by atoms with Crippen LogP contribution in [0.25, 0.3) is 0 Å². The molecule has 0 saturated carbocycles. The molecule has 0 aromatic carbocycles. The molecule has 5 aliphatic rings. The van der Waals surface area contributed by atoms with E-state index >= 15 is 0 Å². The van der Waals surface area contributed by atoms with Crippen molar-refractivity contribution in [3.05, 3.63) is 0 Å². The van der Waals surface area contributed by atoms with Gasteiger partial charge in [0.05, 0.1) is 33.0 Å². The van der Waals surface area contributed by atoms with Crippen molar-refractivity contribution in [2.75, 3.05) is 33.0 Å². The van der Waals surface area contributed by atoms with Crippen LogP contribution in [-0.2, 0) is 42.6 Å². The summed E-state index contributed by atoms with van der Waals surface area (Å²) in [5.41, 5.74) is 0. The second-order valence-electron chi connectivity index (χ2n) is 13.9. The molecule has 0 bridgehead atoms. The third-order valence-corrected chi connectivity index (χ3v) is 10.3. The Balaban J connectivity index is 1.34. The maximum absolute atomic E-state index is 11.4. The molecule has 56 heavy (non-hydrogen) atoms. The number of aliphatic hydroxyl groups excluding tert-OH is 17. The minimum absolute atomic E-state index is 0.850. The van der Waals surface area contributed by atoms with Gasteiger partial charge in [-0.3, -0.25) is 0 Å². The quantitative estimate of drug-likeness (QED) is 0.0819. The van der Waals surface area contributed by atoms with Gasteiger partial charge in [-0.15, -0.1) is 0 Å². The topological polar surface area (TPSA) is 427 Å². The van der Waals surface area contributed by atoms with Crippen molar-refractivity contribution in [2.24, 2.45) is 0 Å². The van der Waals surface area contributed by atoms with Crippen molar-refractivity contribution in [3.8, 4) is 0 Å². The molecule has 0 spiro atoms. The predicted octanol–water partition coefficient (Wildman–Crippen LogP) is -11.9. The van der Waals surface area contributed by atoms with E-state index in [0.29, 0.717) is 0 Å². The van der Waals surface area contributed by atoms with Crippen LogP contribution in [0, 0.1) is 0 Å². The first-order valence-corrected chi connectivity index (χ1v) is 17.6. The highest BCUT2D eigenvalue weighted by Crippen LogP contribution is 2.35. The Labute approximate surface area is 316 Å². The van der Waals surface area contributed by atoms with E-state index in [2.05, 4.69) is 0 Å². The molecule has 5 saturated heterocycles. The van der Waals surface area contributed by atoms with Crippen LogP contribution >= 0.6 is 0 Å². The Morgan fingerprint density at radius 2 is 0.571 bits per heavy atom. The summed E-state index contributed by atoms with van der Waals surface area (Å²) >= 11 is 0. The van der Waals surface area contributed by atoms with E-state index in [-0.39, 0.29) is 0 Å². The van der Waals surface area contributed by atoms with Crippen LogP contribution < -0.4 is 0 Å². The SMILES string of the molecule is OC[C@H]1O[C@@H](O[C@H]2[C@@H](O)[C@@H](CO)O[C@@H](O[C@H]3[C@@H](O)[C@@H](CO)O[C@@H](O[C@H]4[C@@H](O)[C@@H](CO)O[C@@H](O[C@H]5[C@H](O)[C@@H](O)[C@H](O)O[C@@H]5CO)[C@@H]4O)[C@@H]3O)[C@@H]2O)[C@H](O)[C@@H](O)[C@H]1O. The average molecular weight is 829 g/mol. The molecule has 5 fully saturated rings. The number of rotatable bonds is 13. The van der Waals surface area contributed by atoms with Crippen LogP contribution in [0.3, 0.4) is 0 Å². The Hall–Kier alpha value is -1.04. The largest absolute Gasteiger partial charge is 0.394 e. The fourth-order valence-electron chi connectivity index (χ4n) is 7.01. The fourth-order valence-corrected chi connectivity index (χ4v) is 7.01. The smallest absolute Gasteiger partial charge is 0.187 e. The first kappa shape index (κ1) is 46.0. The zero-order valence-electron chi connectivity index (χ0n) is 29.2. The molecule has 5 heterocycles. The van der Waals surface area contributed by atoms with Crippen molar-refractivity contribution in [1.29, 1.82) is 0 Å². The first-order valence-electron chi connectivity index (χ1n) is 17.6. The molecular weight excluding hydrogens is 776 g/mol. The summed E-state index contributed by atoms with van der Waals surface area (Å²) in [6.45, 7) is -4.60. The zero-order chi connectivity index (χ0) is 41.3. The van der Waals surface area contributed by atoms with Crippen molar-refractivity contribution in [3.63, 3.8) is 0 Å². The molecule has 0 amide bonds. The lowest BCUT2D eigenvalue weighted by Gasteiger charge is -2.49. The predicted molar refractivity (Wildman–Crippen MR) is 167 cm³/mol. The van der Waals surface area contributed by atoms with E-state index in [4.69, 9.17) is 42.6 Å². The Kier molecular flexibility index (Phi) is 16.1. The van der Waals surface area contributed by atoms with Gasteiger partial charge in [0, 0.05) is 0 Å². The van der Waals surface area contributed by atoms with Gasteiger partial charge in [-0.1, -0.05) is 0 Å². The maximum Gasteiger partial charge on any atom is 0.187 e. The van der Waals surface area contributed by atoms with Crippen LogP contribution in [-0.4, -0.2) is 273 Å². The molecule has 0 aromatic rings. The van der Waals surface area contributed by atoms with E-state index in [9.17, 15) is 86.8 Å². The molecule has 17 N–H and O–H groups in total. The monoisotopic (exact) mass is 828 g/mol. The molecule has 5 aliphatic heterocycles. The fraction of sp³-hybridized carbons (Fsp3) is 1.00. The first-order chi connectivity index (χ1) is 26.5. The van der Waals surface area contributed by atoms with Gasteiger partial charge in [-0.25, -0.2) is 0 Å². The minimum atomic E-state index is -2.17. The number of hydrogen-bond donors (Lipinski definition) is 17. The summed E-state index contributed by atoms with van der Waals surface area (Å²) in [5.74, 6) is 0. The normalized spacial score (nSPS) is 53.2. The van der Waals surface area contributed by atoms with Crippen molar-refractivity contribution in [2.45, 2.75) is 154 Å². The zero-order valence-corrected chi connectivity index (χ0v) is 29.2. The Morgan fingerprint density at radius 3 is 0.911 bits per heavy atom. The van der Waals surface area contributed by atoms with Crippen molar-refractivity contribution < 1.29 is 129 Å². The second kappa shape index (κ2) is 19.6. The molecule has 26 heteroatoms. The van der Waals surface area contributed by atoms with Gasteiger partial charge < -0.3 is 129 Å². The van der Waals surface area contributed by atoms with E-state index < -0.39 is 187 Å². The van der Waals surface area contributed by atoms with Gasteiger partial charge >= 0.3 is 0 Å². The van der Waals surface area contributed by atoms with Crippen LogP contribution in [0.5, 0.6) is 0 Å². The minimum Gasteiger partial charge on any atom is -0.394 e. The van der Waals surface area contributed by atoms with Gasteiger partial charge in [0.1, 0.15) is 122 Å². The van der Waals surface area contributed by atoms with E-state index in [1.165, 1.54) is 0 Å². The molecule has 328 valence electrons. The molecule has 0 radical (unpaired) electrons. The highest BCUT2D eigenvalue weighted by atomic mass is 16.8. The van der Waals surface area contributed by atoms with E-state index in [1.807, 2.05) is 0 Å². The summed E-state index contributed by atoms with van der Waals surface area (Å²) in [7, 11) is 0. The molecule has 0 aromatic heterocycles. The molecular formula is C30H52O26. The molecule has 5 rings (SSSR count). The Bertz CT molecular complexity index is 1200. The van der Waals surface area contributed by atoms with Crippen LogP contribution in [0.15, 0.2) is 0 Å². The Morgan fingerprint density at radius 1 is 0.268 bits per heavy atom. The summed E-state index contributed by atoms with van der Waals surface area (Å²) in [6.07, 6.45) is -47.0. The number of hydrogen-bond acceptors (Lipinski definition) is 26. The lowest BCUT2D eigenvalue weighted by molar-refractivity contribution is -0.395. The van der Waals surface area contributed by atoms with Gasteiger partial charge in [-0.05, 0) is 0 Å². The third kappa shape index (κ3) is 9.16. The van der Waals surface area contributed by atoms with Crippen LogP contribution in [0.4, 0.5) is 0 Å². The molecule has 26 nitrogen and oxygen atoms in total. The van der Waals surface area contributed by atoms with Crippen molar-refractivity contribution >= 4 is 0 Å². The lowest BCUT2D eigenvalue weighted by atomic mass is 9.95. The maximum atomic E-state index is 11.4. The standard InChI is InChI=1S/C30H52O26/c31-1-6-11(36)15(40)18(43)27(49-6)54-23-12(37)8(3-33)51-29(20(23)45)56-25-14(39)9(4-34)52-30(21(25)46)55-24-13(38)7(2-32)50-28(19(24)44)53-22-10(5-35)48-26(47)17(42)16(22)41/h6-47H,1-5H2/t6-,7-,8-,9-,10-,11+,12+,13+,14+,15+,16-,17-,18-,19-,20-,21-,22-,23+,24+,25+,26-,27+,28+,29+,30+/m1/s1. The van der Waals surface area contributed by atoms with Gasteiger partial charge in [0.15, 0.2) is 31.5 Å². The van der Waals surface area contributed by atoms with Crippen LogP contribution in [0.2, 0.25) is 0 Å². The molecule has 0 unspecified atom stereocenters. The van der Waals surface area contributed by atoms with E-state index in [1.54, 1.807) is 0 Å². The third-order valence-electron chi connectivity index (χ3n) is 10.3. The highest BCUT2D eigenvalue weighted by Gasteiger charge is 2.56. The summed E-state index contributed by atoms with van der Waals surface area (Å²) in [6, 6.07) is 0. The summed E-state index contributed by atoms with van der Waals surface area (Å²) in [4.78, 5) is 0. The number of aliphatic hydroxyl groups is 17. The van der Waals surface area contributed by atoms with Crippen molar-refractivity contribution in [1.82, 2.24) is 0 Å². The van der Waals surface area contributed by atoms with Crippen LogP contribution in [0.1, 0.15) is 0 Å². The lowest BCUT2D eigenvalue weighted by Crippen LogP contribution is -2.68. The van der Waals surface area contributed by atoms with Gasteiger partial charge in [-0.2, -0.15) is 0 Å². The summed E-state index contributed by atoms with van der Waals surface area (Å²) in [5, 5.41) is 177. The van der Waals surface area contributed by atoms with Gasteiger partial charge in [0.25, 0.3) is 0 Å². The highest BCUT2D eigenvalue weighted by molar-refractivity contribution is 4.99. The average Bonchev–Trinajstić information content (AvgIpc) is 3.18. The number of ether oxygens (including phenoxy) is 9.